The van der Waals surface area contributed by atoms with E-state index >= 15 is 0 Å². The number of nitrogens with one attached hydrogen (secondary N) is 1. The summed E-state index contributed by atoms with van der Waals surface area (Å²) in [6, 6.07) is 13.2. The van der Waals surface area contributed by atoms with E-state index in [0.29, 0.717) is 39.6 Å². The Morgan fingerprint density at radius 1 is 1.16 bits per heavy atom. The van der Waals surface area contributed by atoms with Gasteiger partial charge in [-0.25, -0.2) is 14.1 Å². The quantitative estimate of drug-likeness (QED) is 0.390. The molecule has 0 spiro atoms. The molecule has 9 heteroatoms. The Hall–Kier alpha value is -3.16. The summed E-state index contributed by atoms with van der Waals surface area (Å²) in [4.78, 5) is 16.5. The van der Waals surface area contributed by atoms with Crippen molar-refractivity contribution >= 4 is 34.9 Å². The summed E-state index contributed by atoms with van der Waals surface area (Å²) < 4.78 is 21.1. The zero-order chi connectivity index (χ0) is 21.8. The van der Waals surface area contributed by atoms with Crippen LogP contribution in [0.4, 0.5) is 10.2 Å². The van der Waals surface area contributed by atoms with Crippen molar-refractivity contribution in [1.82, 2.24) is 14.8 Å². The summed E-state index contributed by atoms with van der Waals surface area (Å²) in [5.41, 5.74) is 1.15. The van der Waals surface area contributed by atoms with Gasteiger partial charge in [0.25, 0.3) is 0 Å². The Morgan fingerprint density at radius 3 is 2.81 bits per heavy atom. The molecular weight excluding hydrogens is 442 g/mol. The van der Waals surface area contributed by atoms with Crippen LogP contribution >= 0.6 is 23.2 Å². The molecule has 6 nitrogen and oxygen atoms in total. The van der Waals surface area contributed by atoms with E-state index in [9.17, 15) is 9.18 Å². The normalized spacial score (nSPS) is 10.9. The maximum absolute atomic E-state index is 13.9. The number of oxazole rings is 1. The van der Waals surface area contributed by atoms with Crippen LogP contribution in [0.15, 0.2) is 65.3 Å². The Balaban J connectivity index is 1.36. The van der Waals surface area contributed by atoms with Crippen LogP contribution in [0.5, 0.6) is 0 Å². The molecule has 2 aromatic carbocycles. The third kappa shape index (κ3) is 5.13. The molecule has 4 rings (SSSR count). The lowest BCUT2D eigenvalue weighted by molar-refractivity contribution is -0.116. The van der Waals surface area contributed by atoms with E-state index in [1.807, 2.05) is 6.07 Å². The Kier molecular flexibility index (Phi) is 6.34. The number of hydrogen-bond acceptors (Lipinski definition) is 4. The van der Waals surface area contributed by atoms with Gasteiger partial charge in [-0.3, -0.25) is 4.79 Å². The molecule has 2 aromatic heterocycles. The summed E-state index contributed by atoms with van der Waals surface area (Å²) in [6.45, 7) is 0.379. The van der Waals surface area contributed by atoms with Crippen LogP contribution in [-0.2, 0) is 17.8 Å². The van der Waals surface area contributed by atoms with Crippen molar-refractivity contribution in [2.24, 2.45) is 0 Å². The van der Waals surface area contributed by atoms with Gasteiger partial charge in [0.05, 0.1) is 24.5 Å². The zero-order valence-corrected chi connectivity index (χ0v) is 17.7. The molecular formula is C22H17Cl2FN4O2. The minimum absolute atomic E-state index is 0.143. The zero-order valence-electron chi connectivity index (χ0n) is 16.2. The number of carbonyl (C=O) groups excluding carboxylic acids is 1. The maximum atomic E-state index is 13.9. The molecule has 4 aromatic rings. The molecule has 0 bridgehead atoms. The van der Waals surface area contributed by atoms with Crippen molar-refractivity contribution in [3.05, 3.63) is 88.2 Å². The van der Waals surface area contributed by atoms with Gasteiger partial charge in [0.15, 0.2) is 11.7 Å². The van der Waals surface area contributed by atoms with Gasteiger partial charge in [-0.1, -0.05) is 41.4 Å². The smallest absolute Gasteiger partial charge is 0.226 e. The summed E-state index contributed by atoms with van der Waals surface area (Å²) in [5, 5.41) is 8.13. The fourth-order valence-electron chi connectivity index (χ4n) is 3.01. The summed E-state index contributed by atoms with van der Waals surface area (Å²) in [6.07, 6.45) is 3.46. The Labute approximate surface area is 187 Å². The molecule has 158 valence electrons. The molecule has 0 atom stereocenters. The van der Waals surface area contributed by atoms with Crippen molar-refractivity contribution < 1.29 is 13.6 Å². The first-order valence-electron chi connectivity index (χ1n) is 9.45. The lowest BCUT2D eigenvalue weighted by Gasteiger charge is -2.10. The summed E-state index contributed by atoms with van der Waals surface area (Å²) in [5.74, 6) is 0.600. The van der Waals surface area contributed by atoms with Crippen LogP contribution < -0.4 is 5.32 Å². The molecule has 31 heavy (non-hydrogen) atoms. The first kappa shape index (κ1) is 21.1. The Bertz CT molecular complexity index is 1220. The number of nitrogens with zero attached hydrogens (tertiary/aromatic N) is 3. The predicted octanol–water partition coefficient (Wildman–Crippen LogP) is 5.60. The highest BCUT2D eigenvalue weighted by atomic mass is 35.5. The van der Waals surface area contributed by atoms with Crippen LogP contribution in [0.25, 0.3) is 11.3 Å². The standard InChI is InChI=1S/C22H17Cl2FN4O2/c23-15-6-5-14(17(24)11-15)13-29-20(9-10-27-29)28-21(30)7-8-22-26-12-19(31-22)16-3-1-2-4-18(16)25/h1-6,9-12H,7-8,13H2,(H,28,30). The van der Waals surface area contributed by atoms with Gasteiger partial charge in [0.1, 0.15) is 11.6 Å². The highest BCUT2D eigenvalue weighted by Crippen LogP contribution is 2.24. The fraction of sp³-hybridized carbons (Fsp3) is 0.136. The van der Waals surface area contributed by atoms with Gasteiger partial charge in [0, 0.05) is 29.0 Å². The first-order valence-corrected chi connectivity index (χ1v) is 10.2. The number of hydrogen-bond donors (Lipinski definition) is 1. The second kappa shape index (κ2) is 9.32. The third-order valence-corrected chi connectivity index (χ3v) is 5.17. The van der Waals surface area contributed by atoms with Crippen molar-refractivity contribution in [3.8, 4) is 11.3 Å². The minimum Gasteiger partial charge on any atom is -0.441 e. The largest absolute Gasteiger partial charge is 0.441 e. The minimum atomic E-state index is -0.392. The molecule has 0 unspecified atom stereocenters. The molecule has 0 aliphatic heterocycles. The number of halogens is 3. The molecule has 0 fully saturated rings. The van der Waals surface area contributed by atoms with Gasteiger partial charge < -0.3 is 9.73 Å². The van der Waals surface area contributed by atoms with Crippen molar-refractivity contribution in [2.75, 3.05) is 5.32 Å². The van der Waals surface area contributed by atoms with Gasteiger partial charge in [-0.2, -0.15) is 5.10 Å². The molecule has 0 saturated heterocycles. The maximum Gasteiger partial charge on any atom is 0.226 e. The number of aromatic nitrogens is 3. The monoisotopic (exact) mass is 458 g/mol. The average molecular weight is 459 g/mol. The van der Waals surface area contributed by atoms with Crippen molar-refractivity contribution in [3.63, 3.8) is 0 Å². The van der Waals surface area contributed by atoms with Gasteiger partial charge in [-0.15, -0.1) is 0 Å². The first-order chi connectivity index (χ1) is 15.0. The third-order valence-electron chi connectivity index (χ3n) is 4.58. The summed E-state index contributed by atoms with van der Waals surface area (Å²) >= 11 is 12.2. The molecule has 0 saturated carbocycles. The van der Waals surface area contributed by atoms with Crippen LogP contribution in [0.1, 0.15) is 17.9 Å². The molecule has 1 amide bonds. The lowest BCUT2D eigenvalue weighted by atomic mass is 10.2. The SMILES string of the molecule is O=C(CCc1ncc(-c2ccccc2F)o1)Nc1ccnn1Cc1ccc(Cl)cc1Cl. The topological polar surface area (TPSA) is 73.0 Å². The van der Waals surface area contributed by atoms with E-state index in [-0.39, 0.29) is 18.7 Å². The summed E-state index contributed by atoms with van der Waals surface area (Å²) in [7, 11) is 0. The predicted molar refractivity (Wildman–Crippen MR) is 117 cm³/mol. The molecule has 2 heterocycles. The van der Waals surface area contributed by atoms with Gasteiger partial charge in [0.2, 0.25) is 5.91 Å². The van der Waals surface area contributed by atoms with E-state index < -0.39 is 5.82 Å². The highest BCUT2D eigenvalue weighted by Gasteiger charge is 2.13. The van der Waals surface area contributed by atoms with Gasteiger partial charge >= 0.3 is 0 Å². The van der Waals surface area contributed by atoms with E-state index in [1.54, 1.807) is 47.3 Å². The van der Waals surface area contributed by atoms with Gasteiger partial charge in [-0.05, 0) is 29.8 Å². The van der Waals surface area contributed by atoms with E-state index in [0.717, 1.165) is 5.56 Å². The second-order valence-corrected chi connectivity index (χ2v) is 7.60. The van der Waals surface area contributed by atoms with Crippen molar-refractivity contribution in [2.45, 2.75) is 19.4 Å². The number of benzene rings is 2. The highest BCUT2D eigenvalue weighted by molar-refractivity contribution is 6.35. The molecule has 0 radical (unpaired) electrons. The number of amides is 1. The number of aryl methyl sites for hydroxylation is 1. The Morgan fingerprint density at radius 2 is 2.00 bits per heavy atom. The number of anilines is 1. The lowest BCUT2D eigenvalue weighted by Crippen LogP contribution is -2.16. The second-order valence-electron chi connectivity index (χ2n) is 6.76. The van der Waals surface area contributed by atoms with E-state index in [1.165, 1.54) is 12.3 Å². The fourth-order valence-corrected chi connectivity index (χ4v) is 3.48. The average Bonchev–Trinajstić information content (AvgIpc) is 3.38. The van der Waals surface area contributed by atoms with Crippen LogP contribution in [0, 0.1) is 5.82 Å². The van der Waals surface area contributed by atoms with Crippen molar-refractivity contribution in [1.29, 1.82) is 0 Å². The number of rotatable bonds is 7. The number of carbonyl (C=O) groups is 1. The molecule has 0 aliphatic rings. The van der Waals surface area contributed by atoms with E-state index in [2.05, 4.69) is 15.4 Å². The van der Waals surface area contributed by atoms with Crippen LogP contribution in [0.2, 0.25) is 10.0 Å². The van der Waals surface area contributed by atoms with Crippen LogP contribution in [-0.4, -0.2) is 20.7 Å². The van der Waals surface area contributed by atoms with E-state index in [4.69, 9.17) is 27.6 Å². The molecule has 1 N–H and O–H groups in total. The van der Waals surface area contributed by atoms with Crippen LogP contribution in [0.3, 0.4) is 0 Å². The molecule has 0 aliphatic carbocycles.